The van der Waals surface area contributed by atoms with Crippen LogP contribution in [0.15, 0.2) is 57.7 Å². The zero-order valence-electron chi connectivity index (χ0n) is 28.8. The Morgan fingerprint density at radius 2 is 1.74 bits per heavy atom. The smallest absolute Gasteiger partial charge is 0.128 e. The van der Waals surface area contributed by atoms with Gasteiger partial charge in [0.1, 0.15) is 17.5 Å². The van der Waals surface area contributed by atoms with Crippen LogP contribution in [-0.2, 0) is 0 Å². The molecule has 0 amide bonds. The van der Waals surface area contributed by atoms with Crippen molar-refractivity contribution in [2.45, 2.75) is 99.1 Å². The lowest BCUT2D eigenvalue weighted by Gasteiger charge is -2.36. The van der Waals surface area contributed by atoms with Gasteiger partial charge in [-0.3, -0.25) is 9.89 Å². The molecule has 8 nitrogen and oxygen atoms in total. The summed E-state index contributed by atoms with van der Waals surface area (Å²) in [7, 11) is 1.68. The number of nitrogens with zero attached hydrogens (tertiary/aromatic N) is 5. The van der Waals surface area contributed by atoms with E-state index >= 15 is 0 Å². The van der Waals surface area contributed by atoms with Crippen molar-refractivity contribution in [1.29, 1.82) is 0 Å². The fourth-order valence-corrected chi connectivity index (χ4v) is 5.16. The SMILES string of the molecule is C=C(F)/C=C(C)/C(N)=C/C(=NC)NC(=C/CC)/N=C\CCN1CCC(N2CCCC2)CC1.CC.CCN(CCN)C(C)C. The summed E-state index contributed by atoms with van der Waals surface area (Å²) in [6, 6.07) is 1.43. The Bertz CT molecular complexity index is 892. The maximum absolute atomic E-state index is 13.0. The Kier molecular flexibility index (Phi) is 23.7. The first-order valence-electron chi connectivity index (χ1n) is 16.5. The van der Waals surface area contributed by atoms with E-state index in [2.05, 4.69) is 64.3 Å². The van der Waals surface area contributed by atoms with Crippen LogP contribution in [0.1, 0.15) is 87.0 Å². The van der Waals surface area contributed by atoms with Gasteiger partial charge in [-0.25, -0.2) is 9.38 Å². The van der Waals surface area contributed by atoms with Crippen LogP contribution >= 0.6 is 0 Å². The van der Waals surface area contributed by atoms with Crippen LogP contribution in [0.25, 0.3) is 0 Å². The molecule has 2 rings (SSSR count). The maximum atomic E-state index is 13.0. The van der Waals surface area contributed by atoms with Gasteiger partial charge in [-0.05, 0) is 110 Å². The Morgan fingerprint density at radius 1 is 1.12 bits per heavy atom. The molecule has 0 spiro atoms. The maximum Gasteiger partial charge on any atom is 0.128 e. The highest BCUT2D eigenvalue weighted by Crippen LogP contribution is 2.21. The quantitative estimate of drug-likeness (QED) is 0.131. The zero-order valence-corrected chi connectivity index (χ0v) is 28.8. The number of nitrogens with two attached hydrogens (primary N) is 2. The number of nitrogens with one attached hydrogen (secondary N) is 1. The summed E-state index contributed by atoms with van der Waals surface area (Å²) in [4.78, 5) is 16.4. The van der Waals surface area contributed by atoms with E-state index in [1.165, 1.54) is 57.9 Å². The summed E-state index contributed by atoms with van der Waals surface area (Å²) < 4.78 is 13.0. The molecule has 0 unspecified atom stereocenters. The molecule has 0 radical (unpaired) electrons. The molecule has 0 aromatic rings. The second kappa shape index (κ2) is 25.0. The van der Waals surface area contributed by atoms with E-state index in [-0.39, 0.29) is 0 Å². The molecule has 0 aromatic heterocycles. The monoisotopic (exact) mass is 605 g/mol. The molecule has 0 aliphatic carbocycles. The highest BCUT2D eigenvalue weighted by Gasteiger charge is 2.25. The van der Waals surface area contributed by atoms with E-state index in [0.717, 1.165) is 50.9 Å². The van der Waals surface area contributed by atoms with Crippen LogP contribution in [-0.4, -0.2) is 98.2 Å². The van der Waals surface area contributed by atoms with Crippen molar-refractivity contribution in [3.8, 4) is 0 Å². The van der Waals surface area contributed by atoms with Gasteiger partial charge in [-0.1, -0.05) is 34.3 Å². The van der Waals surface area contributed by atoms with Crippen LogP contribution in [0.3, 0.4) is 0 Å². The van der Waals surface area contributed by atoms with E-state index in [1.54, 1.807) is 20.0 Å². The number of halogens is 1. The average Bonchev–Trinajstić information content (AvgIpc) is 3.54. The number of amidine groups is 1. The molecule has 5 N–H and O–H groups in total. The normalized spacial score (nSPS) is 18.1. The van der Waals surface area contributed by atoms with Crippen LogP contribution in [0.2, 0.25) is 0 Å². The van der Waals surface area contributed by atoms with Crippen molar-refractivity contribution in [3.63, 3.8) is 0 Å². The number of hydrogen-bond acceptors (Lipinski definition) is 7. The molecule has 0 aromatic carbocycles. The van der Waals surface area contributed by atoms with Gasteiger partial charge < -0.3 is 26.6 Å². The van der Waals surface area contributed by atoms with Crippen molar-refractivity contribution in [2.24, 2.45) is 21.5 Å². The number of piperidine rings is 1. The van der Waals surface area contributed by atoms with Crippen LogP contribution in [0.5, 0.6) is 0 Å². The van der Waals surface area contributed by atoms with Gasteiger partial charge in [0.15, 0.2) is 0 Å². The number of aliphatic imine (C=N–C) groups is 2. The molecule has 43 heavy (non-hydrogen) atoms. The minimum Gasteiger partial charge on any atom is -0.398 e. The first kappa shape index (κ1) is 40.7. The van der Waals surface area contributed by atoms with Crippen molar-refractivity contribution < 1.29 is 4.39 Å². The van der Waals surface area contributed by atoms with Gasteiger partial charge in [0.25, 0.3) is 0 Å². The molecule has 9 heteroatoms. The molecule has 0 saturated carbocycles. The molecule has 2 aliphatic rings. The standard InChI is InChI=1S/C25H41FN6.C7H18N2.C2H6/c1-5-9-24(30-25(28-4)19-23(27)20(2)18-21(3)26)29-12-8-13-31-16-10-22(11-17-31)32-14-6-7-15-32;1-4-9(6-5-8)7(2)3;1-2/h9,12,18-19,22H,3,5-8,10-11,13-17,27H2,1-2,4H3,(H,28,30);7H,4-6,8H2,1-3H3;1-2H3/b20-18+,23-19-,24-9+,29-12-;;. The Labute approximate surface area is 263 Å². The summed E-state index contributed by atoms with van der Waals surface area (Å²) in [5.74, 6) is 0.778. The minimum atomic E-state index is -0.529. The molecular formula is C34H65FN8. The molecule has 0 bridgehead atoms. The van der Waals surface area contributed by atoms with E-state index in [1.807, 2.05) is 26.1 Å². The van der Waals surface area contributed by atoms with Crippen LogP contribution < -0.4 is 16.8 Å². The number of rotatable bonds is 14. The Morgan fingerprint density at radius 3 is 2.21 bits per heavy atom. The van der Waals surface area contributed by atoms with Gasteiger partial charge in [0.2, 0.25) is 0 Å². The fraction of sp³-hybridized carbons (Fsp3) is 0.706. The van der Waals surface area contributed by atoms with Gasteiger partial charge in [0.05, 0.1) is 0 Å². The number of likely N-dealkylation sites (tertiary alicyclic amines) is 2. The van der Waals surface area contributed by atoms with Crippen LogP contribution in [0.4, 0.5) is 4.39 Å². The molecule has 2 heterocycles. The third kappa shape index (κ3) is 18.2. The molecule has 2 fully saturated rings. The lowest BCUT2D eigenvalue weighted by atomic mass is 10.0. The average molecular weight is 605 g/mol. The predicted molar refractivity (Wildman–Crippen MR) is 187 cm³/mol. The Hall–Kier alpha value is -2.33. The van der Waals surface area contributed by atoms with Crippen LogP contribution in [0, 0.1) is 0 Å². The summed E-state index contributed by atoms with van der Waals surface area (Å²) in [6.07, 6.45) is 14.0. The third-order valence-corrected chi connectivity index (χ3v) is 7.59. The summed E-state index contributed by atoms with van der Waals surface area (Å²) in [5.41, 5.74) is 12.5. The zero-order chi connectivity index (χ0) is 32.6. The summed E-state index contributed by atoms with van der Waals surface area (Å²) >= 11 is 0. The van der Waals surface area contributed by atoms with Crippen molar-refractivity contribution >= 4 is 12.1 Å². The first-order chi connectivity index (χ1) is 20.6. The van der Waals surface area contributed by atoms with Crippen molar-refractivity contribution in [3.05, 3.63) is 47.7 Å². The summed E-state index contributed by atoms with van der Waals surface area (Å²) in [6.45, 7) is 26.5. The lowest BCUT2D eigenvalue weighted by molar-refractivity contribution is 0.129. The largest absolute Gasteiger partial charge is 0.398 e. The van der Waals surface area contributed by atoms with Gasteiger partial charge in [-0.15, -0.1) is 0 Å². The minimum absolute atomic E-state index is 0.425. The topological polar surface area (TPSA) is 98.5 Å². The highest BCUT2D eigenvalue weighted by molar-refractivity contribution is 5.95. The Balaban J connectivity index is 0.00000137. The second-order valence-electron chi connectivity index (χ2n) is 11.0. The van der Waals surface area contributed by atoms with Gasteiger partial charge >= 0.3 is 0 Å². The van der Waals surface area contributed by atoms with E-state index in [9.17, 15) is 4.39 Å². The van der Waals surface area contributed by atoms with E-state index in [4.69, 9.17) is 11.5 Å². The van der Waals surface area contributed by atoms with Crippen molar-refractivity contribution in [2.75, 3.05) is 59.4 Å². The molecular weight excluding hydrogens is 539 g/mol. The highest BCUT2D eigenvalue weighted by atomic mass is 19.1. The van der Waals surface area contributed by atoms with E-state index < -0.39 is 5.83 Å². The second-order valence-corrected chi connectivity index (χ2v) is 11.0. The first-order valence-corrected chi connectivity index (χ1v) is 16.5. The van der Waals surface area contributed by atoms with E-state index in [0.29, 0.717) is 23.1 Å². The predicted octanol–water partition coefficient (Wildman–Crippen LogP) is 5.85. The molecule has 2 saturated heterocycles. The lowest BCUT2D eigenvalue weighted by Crippen LogP contribution is -2.44. The molecule has 2 aliphatic heterocycles. The van der Waals surface area contributed by atoms with Crippen molar-refractivity contribution in [1.82, 2.24) is 20.0 Å². The number of likely N-dealkylation sites (N-methyl/N-ethyl adjacent to an activating group) is 1. The summed E-state index contributed by atoms with van der Waals surface area (Å²) in [5, 5.41) is 3.21. The molecule has 248 valence electrons. The number of hydrogen-bond donors (Lipinski definition) is 3. The molecule has 0 atom stereocenters. The fourth-order valence-electron chi connectivity index (χ4n) is 5.16. The third-order valence-electron chi connectivity index (χ3n) is 7.59. The van der Waals surface area contributed by atoms with Gasteiger partial charge in [-0.2, -0.15) is 0 Å². The van der Waals surface area contributed by atoms with Gasteiger partial charge in [0, 0.05) is 56.8 Å². The number of allylic oxidation sites excluding steroid dienone is 4.